The van der Waals surface area contributed by atoms with Crippen LogP contribution in [0.5, 0.6) is 11.5 Å². The van der Waals surface area contributed by atoms with Crippen LogP contribution in [-0.2, 0) is 29.2 Å². The van der Waals surface area contributed by atoms with Crippen LogP contribution in [0.3, 0.4) is 0 Å². The molecule has 0 spiro atoms. The number of rotatable bonds is 7. The Morgan fingerprint density at radius 2 is 1.94 bits per heavy atom. The number of aromatic nitrogens is 2. The summed E-state index contributed by atoms with van der Waals surface area (Å²) in [6.45, 7) is 15.1. The summed E-state index contributed by atoms with van der Waals surface area (Å²) in [6, 6.07) is 9.15. The van der Waals surface area contributed by atoms with E-state index in [-0.39, 0.29) is 6.09 Å². The fraction of sp³-hybridized carbons (Fsp3) is 0.481. The lowest BCUT2D eigenvalue weighted by Crippen LogP contribution is -2.39. The van der Waals surface area contributed by atoms with Crippen molar-refractivity contribution < 1.29 is 19.0 Å². The fourth-order valence-corrected chi connectivity index (χ4v) is 5.67. The Morgan fingerprint density at radius 1 is 1.17 bits per heavy atom. The fourth-order valence-electron chi connectivity index (χ4n) is 4.07. The number of hydrogen-bond donors (Lipinski definition) is 0. The van der Waals surface area contributed by atoms with Crippen molar-refractivity contribution in [3.05, 3.63) is 51.4 Å². The molecule has 0 N–H and O–H groups in total. The van der Waals surface area contributed by atoms with Gasteiger partial charge in [-0.15, -0.1) is 0 Å². The smallest absolute Gasteiger partial charge is 0.410 e. The van der Waals surface area contributed by atoms with Crippen LogP contribution in [0.1, 0.15) is 31.9 Å². The van der Waals surface area contributed by atoms with Crippen molar-refractivity contribution in [3.8, 4) is 11.5 Å². The number of nitrogens with zero attached hydrogens (tertiary/aromatic N) is 3. The van der Waals surface area contributed by atoms with Gasteiger partial charge >= 0.3 is 6.09 Å². The van der Waals surface area contributed by atoms with E-state index in [9.17, 15) is 4.79 Å². The summed E-state index contributed by atoms with van der Waals surface area (Å²) >= 11 is 2.33. The Labute approximate surface area is 228 Å². The normalized spacial score (nSPS) is 14.1. The Balaban J connectivity index is 1.50. The van der Waals surface area contributed by atoms with E-state index in [0.29, 0.717) is 19.8 Å². The Bertz CT molecular complexity index is 1250. The second kappa shape index (κ2) is 10.7. The summed E-state index contributed by atoms with van der Waals surface area (Å²) in [5.74, 6) is 1.49. The van der Waals surface area contributed by atoms with Crippen molar-refractivity contribution in [2.45, 2.75) is 71.8 Å². The monoisotopic (exact) mass is 621 g/mol. The van der Waals surface area contributed by atoms with Gasteiger partial charge in [-0.05, 0) is 85.2 Å². The van der Waals surface area contributed by atoms with Gasteiger partial charge in [-0.25, -0.2) is 9.78 Å². The van der Waals surface area contributed by atoms with Crippen LogP contribution in [0.2, 0.25) is 25.7 Å². The zero-order chi connectivity index (χ0) is 26.1. The van der Waals surface area contributed by atoms with E-state index < -0.39 is 13.7 Å². The summed E-state index contributed by atoms with van der Waals surface area (Å²) in [6.07, 6.45) is 4.35. The van der Waals surface area contributed by atoms with Crippen LogP contribution >= 0.6 is 22.6 Å². The molecule has 0 aliphatic carbocycles. The number of carbonyl (C=O) groups excluding carboxylic acids is 1. The van der Waals surface area contributed by atoms with Gasteiger partial charge < -0.3 is 23.7 Å². The molecular formula is C27H36IN3O4Si. The molecule has 3 heterocycles. The highest BCUT2D eigenvalue weighted by Crippen LogP contribution is 2.35. The summed E-state index contributed by atoms with van der Waals surface area (Å²) in [4.78, 5) is 18.9. The molecular weight excluding hydrogens is 585 g/mol. The third-order valence-corrected chi connectivity index (χ3v) is 8.49. The molecule has 0 saturated heterocycles. The van der Waals surface area contributed by atoms with E-state index >= 15 is 0 Å². The molecule has 7 nitrogen and oxygen atoms in total. The minimum atomic E-state index is -1.13. The summed E-state index contributed by atoms with van der Waals surface area (Å²) < 4.78 is 21.0. The molecule has 1 aliphatic rings. The average molecular weight is 622 g/mol. The largest absolute Gasteiger partial charge is 0.456 e. The van der Waals surface area contributed by atoms with E-state index in [1.807, 2.05) is 43.5 Å². The molecule has 4 rings (SSSR count). The Kier molecular flexibility index (Phi) is 8.01. The molecule has 0 saturated carbocycles. The number of carbonyl (C=O) groups is 1. The molecule has 0 unspecified atom stereocenters. The molecule has 0 atom stereocenters. The van der Waals surface area contributed by atoms with Gasteiger partial charge in [-0.2, -0.15) is 0 Å². The van der Waals surface area contributed by atoms with Crippen molar-refractivity contribution in [3.63, 3.8) is 0 Å². The number of pyridine rings is 1. The van der Waals surface area contributed by atoms with Gasteiger partial charge in [0.15, 0.2) is 0 Å². The standard InChI is InChI=1S/C27H36IN3O4Si/c1-27(2,3)35-26(32)30-12-10-19-7-8-21(15-20(19)16-30)34-23-9-11-29-25-24(23)22(28)17-31(25)18-33-13-14-36(4,5)6/h7-9,11,15,17H,10,12-14,16,18H2,1-6H3. The van der Waals surface area contributed by atoms with Gasteiger partial charge in [0.2, 0.25) is 0 Å². The number of amides is 1. The van der Waals surface area contributed by atoms with E-state index in [4.69, 9.17) is 14.2 Å². The van der Waals surface area contributed by atoms with Gasteiger partial charge in [0.25, 0.3) is 0 Å². The van der Waals surface area contributed by atoms with Crippen LogP contribution in [-0.4, -0.2) is 47.4 Å². The van der Waals surface area contributed by atoms with Crippen molar-refractivity contribution >= 4 is 47.8 Å². The molecule has 9 heteroatoms. The number of halogens is 1. The van der Waals surface area contributed by atoms with Gasteiger partial charge in [-0.3, -0.25) is 0 Å². The summed E-state index contributed by atoms with van der Waals surface area (Å²) in [7, 11) is -1.13. The number of benzene rings is 1. The highest BCUT2D eigenvalue weighted by atomic mass is 127. The molecule has 2 aromatic heterocycles. The first kappa shape index (κ1) is 26.9. The zero-order valence-electron chi connectivity index (χ0n) is 22.1. The highest BCUT2D eigenvalue weighted by molar-refractivity contribution is 14.1. The molecule has 36 heavy (non-hydrogen) atoms. The van der Waals surface area contributed by atoms with Crippen molar-refractivity contribution in [2.24, 2.45) is 0 Å². The summed E-state index contributed by atoms with van der Waals surface area (Å²) in [5, 5.41) is 0.972. The van der Waals surface area contributed by atoms with Crippen molar-refractivity contribution in [1.29, 1.82) is 0 Å². The molecule has 0 bridgehead atoms. The van der Waals surface area contributed by atoms with Crippen molar-refractivity contribution in [1.82, 2.24) is 14.5 Å². The lowest BCUT2D eigenvalue weighted by molar-refractivity contribution is 0.0224. The lowest BCUT2D eigenvalue weighted by Gasteiger charge is -2.31. The van der Waals surface area contributed by atoms with E-state index in [0.717, 1.165) is 50.7 Å². The number of ether oxygens (including phenoxy) is 3. The summed E-state index contributed by atoms with van der Waals surface area (Å²) in [5.41, 5.74) is 2.65. The van der Waals surface area contributed by atoms with Crippen LogP contribution in [0, 0.1) is 3.57 Å². The third kappa shape index (κ3) is 6.80. The van der Waals surface area contributed by atoms with Crippen LogP contribution < -0.4 is 4.74 Å². The van der Waals surface area contributed by atoms with Gasteiger partial charge in [0, 0.05) is 43.7 Å². The second-order valence-corrected chi connectivity index (χ2v) is 18.3. The van der Waals surface area contributed by atoms with Gasteiger partial charge in [0.1, 0.15) is 29.5 Å². The van der Waals surface area contributed by atoms with E-state index in [1.54, 1.807) is 11.1 Å². The zero-order valence-corrected chi connectivity index (χ0v) is 25.2. The first-order valence-electron chi connectivity index (χ1n) is 12.4. The molecule has 0 fully saturated rings. The molecule has 1 aromatic carbocycles. The molecule has 194 valence electrons. The molecule has 1 amide bonds. The number of hydrogen-bond acceptors (Lipinski definition) is 5. The maximum Gasteiger partial charge on any atom is 0.410 e. The minimum Gasteiger partial charge on any atom is -0.456 e. The van der Waals surface area contributed by atoms with Crippen LogP contribution in [0.15, 0.2) is 36.7 Å². The maximum atomic E-state index is 12.6. The first-order chi connectivity index (χ1) is 16.9. The predicted octanol–water partition coefficient (Wildman–Crippen LogP) is 7.04. The maximum absolute atomic E-state index is 12.6. The predicted molar refractivity (Wildman–Crippen MR) is 153 cm³/mol. The number of fused-ring (bicyclic) bond motifs is 2. The Morgan fingerprint density at radius 3 is 2.67 bits per heavy atom. The SMILES string of the molecule is CC(C)(C)OC(=O)N1CCc2ccc(Oc3ccnc4c3c(I)cn4COCC[Si](C)(C)C)cc2C1. The average Bonchev–Trinajstić information content (AvgIpc) is 3.11. The topological polar surface area (TPSA) is 65.8 Å². The minimum absolute atomic E-state index is 0.279. The van der Waals surface area contributed by atoms with Crippen molar-refractivity contribution in [2.75, 3.05) is 13.2 Å². The van der Waals surface area contributed by atoms with Gasteiger partial charge in [0.05, 0.1) is 5.39 Å². The lowest BCUT2D eigenvalue weighted by atomic mass is 10.00. The van der Waals surface area contributed by atoms with E-state index in [2.05, 4.69) is 59.5 Å². The van der Waals surface area contributed by atoms with Crippen LogP contribution in [0.25, 0.3) is 11.0 Å². The Hall–Kier alpha value is -2.11. The van der Waals surface area contributed by atoms with Gasteiger partial charge in [-0.1, -0.05) is 25.7 Å². The molecule has 3 aromatic rings. The second-order valence-electron chi connectivity index (χ2n) is 11.5. The van der Waals surface area contributed by atoms with Crippen LogP contribution in [0.4, 0.5) is 4.79 Å². The molecule has 0 radical (unpaired) electrons. The highest BCUT2D eigenvalue weighted by Gasteiger charge is 2.26. The third-order valence-electron chi connectivity index (χ3n) is 5.97. The quantitative estimate of drug-likeness (QED) is 0.161. The molecule has 1 aliphatic heterocycles. The first-order valence-corrected chi connectivity index (χ1v) is 17.2. The van der Waals surface area contributed by atoms with E-state index in [1.165, 1.54) is 5.56 Å².